The van der Waals surface area contributed by atoms with Crippen LogP contribution in [0.4, 0.5) is 0 Å². The van der Waals surface area contributed by atoms with Crippen LogP contribution in [0.3, 0.4) is 0 Å². The van der Waals surface area contributed by atoms with Crippen LogP contribution in [-0.4, -0.2) is 37.6 Å². The highest BCUT2D eigenvalue weighted by Gasteiger charge is 2.32. The first-order valence-corrected chi connectivity index (χ1v) is 9.03. The van der Waals surface area contributed by atoms with Gasteiger partial charge in [-0.25, -0.2) is 13.1 Å². The number of rotatable bonds is 6. The summed E-state index contributed by atoms with van der Waals surface area (Å²) < 4.78 is 25.9. The summed E-state index contributed by atoms with van der Waals surface area (Å²) in [5.41, 5.74) is 0. The van der Waals surface area contributed by atoms with E-state index in [4.69, 9.17) is 11.6 Å². The van der Waals surface area contributed by atoms with Crippen molar-refractivity contribution in [2.45, 2.75) is 36.9 Å². The van der Waals surface area contributed by atoms with E-state index in [9.17, 15) is 8.42 Å². The molecule has 1 fully saturated rings. The summed E-state index contributed by atoms with van der Waals surface area (Å²) in [6.07, 6.45) is 7.98. The molecule has 16 heavy (non-hydrogen) atoms. The van der Waals surface area contributed by atoms with E-state index in [0.29, 0.717) is 6.54 Å². The van der Waals surface area contributed by atoms with Crippen molar-refractivity contribution in [1.82, 2.24) is 4.72 Å². The molecule has 1 aliphatic carbocycles. The summed E-state index contributed by atoms with van der Waals surface area (Å²) in [6.45, 7) is 0.549. The lowest BCUT2D eigenvalue weighted by Crippen LogP contribution is -2.42. The Morgan fingerprint density at radius 1 is 1.31 bits per heavy atom. The smallest absolute Gasteiger partial charge is 0.212 e. The quantitative estimate of drug-likeness (QED) is 0.761. The van der Waals surface area contributed by atoms with Crippen molar-refractivity contribution < 1.29 is 8.42 Å². The molecule has 0 saturated heterocycles. The van der Waals surface area contributed by atoms with Gasteiger partial charge in [0.25, 0.3) is 0 Å². The molecular weight excluding hydrogens is 266 g/mol. The molecule has 0 aromatic rings. The number of sulfonamides is 1. The molecule has 0 aromatic heterocycles. The van der Waals surface area contributed by atoms with Crippen molar-refractivity contribution in [3.8, 4) is 0 Å². The van der Waals surface area contributed by atoms with E-state index in [2.05, 4.69) is 11.0 Å². The summed E-state index contributed by atoms with van der Waals surface area (Å²) in [4.78, 5) is 0. The predicted molar refractivity (Wildman–Crippen MR) is 71.8 cm³/mol. The fourth-order valence-electron chi connectivity index (χ4n) is 2.06. The van der Waals surface area contributed by atoms with Crippen LogP contribution in [0, 0.1) is 0 Å². The van der Waals surface area contributed by atoms with Crippen LogP contribution >= 0.6 is 23.4 Å². The van der Waals surface area contributed by atoms with Crippen molar-refractivity contribution in [1.29, 1.82) is 0 Å². The van der Waals surface area contributed by atoms with Gasteiger partial charge in [0.05, 0.1) is 5.75 Å². The Morgan fingerprint density at radius 3 is 2.44 bits per heavy atom. The van der Waals surface area contributed by atoms with Crippen LogP contribution < -0.4 is 4.72 Å². The Labute approximate surface area is 108 Å². The SMILES string of the molecule is CSC1(CNS(=O)(=O)CCCl)CCCCC1. The van der Waals surface area contributed by atoms with Crippen LogP contribution in [0.15, 0.2) is 0 Å². The van der Waals surface area contributed by atoms with Gasteiger partial charge in [-0.15, -0.1) is 11.6 Å². The number of hydrogen-bond acceptors (Lipinski definition) is 3. The minimum Gasteiger partial charge on any atom is -0.214 e. The maximum atomic E-state index is 11.5. The van der Waals surface area contributed by atoms with Gasteiger partial charge < -0.3 is 0 Å². The first-order valence-electron chi connectivity index (χ1n) is 5.62. The Morgan fingerprint density at radius 2 is 1.94 bits per heavy atom. The average Bonchev–Trinajstić information content (AvgIpc) is 2.28. The monoisotopic (exact) mass is 285 g/mol. The lowest BCUT2D eigenvalue weighted by Gasteiger charge is -2.35. The molecule has 0 heterocycles. The van der Waals surface area contributed by atoms with Crippen molar-refractivity contribution in [2.75, 3.05) is 24.4 Å². The van der Waals surface area contributed by atoms with E-state index in [-0.39, 0.29) is 16.4 Å². The molecule has 0 radical (unpaired) electrons. The van der Waals surface area contributed by atoms with Crippen LogP contribution in [-0.2, 0) is 10.0 Å². The molecule has 0 atom stereocenters. The highest BCUT2D eigenvalue weighted by atomic mass is 35.5. The van der Waals surface area contributed by atoms with Gasteiger partial charge in [0.1, 0.15) is 0 Å². The van der Waals surface area contributed by atoms with Crippen LogP contribution in [0.1, 0.15) is 32.1 Å². The lowest BCUT2D eigenvalue weighted by molar-refractivity contribution is 0.395. The minimum atomic E-state index is -3.17. The second-order valence-electron chi connectivity index (χ2n) is 4.28. The Balaban J connectivity index is 2.50. The van der Waals surface area contributed by atoms with Crippen LogP contribution in [0.25, 0.3) is 0 Å². The summed E-state index contributed by atoms with van der Waals surface area (Å²) >= 11 is 7.24. The summed E-state index contributed by atoms with van der Waals surface area (Å²) in [5.74, 6) is 0.167. The second-order valence-corrected chi connectivity index (χ2v) is 7.86. The Bertz CT molecular complexity index is 300. The highest BCUT2D eigenvalue weighted by Crippen LogP contribution is 2.38. The van der Waals surface area contributed by atoms with E-state index in [0.717, 1.165) is 12.8 Å². The number of halogens is 1. The normalized spacial score (nSPS) is 20.9. The third-order valence-electron chi connectivity index (χ3n) is 3.16. The fraction of sp³-hybridized carbons (Fsp3) is 1.00. The average molecular weight is 286 g/mol. The maximum Gasteiger partial charge on any atom is 0.212 e. The topological polar surface area (TPSA) is 46.2 Å². The van der Waals surface area contributed by atoms with Gasteiger partial charge in [-0.05, 0) is 19.1 Å². The van der Waals surface area contributed by atoms with Crippen LogP contribution in [0.5, 0.6) is 0 Å². The molecule has 0 aliphatic heterocycles. The largest absolute Gasteiger partial charge is 0.214 e. The van der Waals surface area contributed by atoms with E-state index in [1.54, 1.807) is 11.8 Å². The minimum absolute atomic E-state index is 0.0129. The predicted octanol–water partition coefficient (Wildman–Crippen LogP) is 2.21. The van der Waals surface area contributed by atoms with Crippen molar-refractivity contribution in [3.63, 3.8) is 0 Å². The summed E-state index contributed by atoms with van der Waals surface area (Å²) in [7, 11) is -3.17. The molecule has 1 rings (SSSR count). The number of hydrogen-bond donors (Lipinski definition) is 1. The molecular formula is C10H20ClNO2S2. The molecule has 0 unspecified atom stereocenters. The van der Waals surface area contributed by atoms with E-state index >= 15 is 0 Å². The molecule has 3 nitrogen and oxygen atoms in total. The zero-order chi connectivity index (χ0) is 12.1. The third-order valence-corrected chi connectivity index (χ3v) is 6.32. The standard InChI is InChI=1S/C10H20ClNO2S2/c1-15-10(5-3-2-4-6-10)9-12-16(13,14)8-7-11/h12H,2-9H2,1H3. The maximum absolute atomic E-state index is 11.5. The molecule has 0 spiro atoms. The lowest BCUT2D eigenvalue weighted by atomic mass is 9.88. The van der Waals surface area contributed by atoms with Gasteiger partial charge in [0.15, 0.2) is 0 Å². The Hall–Kier alpha value is 0.550. The van der Waals surface area contributed by atoms with Gasteiger partial charge in [0.2, 0.25) is 10.0 Å². The van der Waals surface area contributed by atoms with Gasteiger partial charge >= 0.3 is 0 Å². The molecule has 0 aromatic carbocycles. The molecule has 1 N–H and O–H groups in total. The van der Waals surface area contributed by atoms with E-state index in [1.807, 2.05) is 0 Å². The molecule has 1 saturated carbocycles. The fourth-order valence-corrected chi connectivity index (χ4v) is 4.52. The summed E-state index contributed by atoms with van der Waals surface area (Å²) in [6, 6.07) is 0. The van der Waals surface area contributed by atoms with Gasteiger partial charge in [-0.1, -0.05) is 19.3 Å². The second kappa shape index (κ2) is 6.47. The molecule has 0 amide bonds. The van der Waals surface area contributed by atoms with Crippen molar-refractivity contribution in [3.05, 3.63) is 0 Å². The Kier molecular flexibility index (Phi) is 5.91. The van der Waals surface area contributed by atoms with Crippen molar-refractivity contribution >= 4 is 33.4 Å². The first kappa shape index (κ1) is 14.6. The number of alkyl halides is 1. The van der Waals surface area contributed by atoms with E-state index < -0.39 is 10.0 Å². The number of thioether (sulfide) groups is 1. The first-order chi connectivity index (χ1) is 7.54. The number of nitrogens with one attached hydrogen (secondary N) is 1. The molecule has 1 aliphatic rings. The molecule has 0 bridgehead atoms. The third kappa shape index (κ3) is 4.43. The van der Waals surface area contributed by atoms with Crippen molar-refractivity contribution in [2.24, 2.45) is 0 Å². The van der Waals surface area contributed by atoms with Gasteiger partial charge in [-0.3, -0.25) is 0 Å². The van der Waals surface area contributed by atoms with E-state index in [1.165, 1.54) is 19.3 Å². The summed E-state index contributed by atoms with van der Waals surface area (Å²) in [5, 5.41) is 0. The zero-order valence-electron chi connectivity index (χ0n) is 9.67. The highest BCUT2D eigenvalue weighted by molar-refractivity contribution is 8.00. The van der Waals surface area contributed by atoms with Gasteiger partial charge in [0, 0.05) is 17.2 Å². The van der Waals surface area contributed by atoms with Gasteiger partial charge in [-0.2, -0.15) is 11.8 Å². The molecule has 6 heteroatoms. The van der Waals surface area contributed by atoms with Crippen LogP contribution in [0.2, 0.25) is 0 Å². The molecule has 96 valence electrons. The zero-order valence-corrected chi connectivity index (χ0v) is 12.1.